The molecule has 1 heterocycles. The van der Waals surface area contributed by atoms with Gasteiger partial charge in [-0.3, -0.25) is 0 Å². The second kappa shape index (κ2) is 9.51. The van der Waals surface area contributed by atoms with Crippen LogP contribution >= 0.6 is 0 Å². The number of benzene rings is 2. The molecule has 0 spiro atoms. The Balaban J connectivity index is 1.54. The summed E-state index contributed by atoms with van der Waals surface area (Å²) in [4.78, 5) is 12.3. The van der Waals surface area contributed by atoms with Crippen LogP contribution in [0.4, 0.5) is 0 Å². The highest BCUT2D eigenvalue weighted by molar-refractivity contribution is 5.75. The molecule has 1 fully saturated rings. The molecule has 138 valence electrons. The second-order valence-electron chi connectivity index (χ2n) is 6.65. The summed E-state index contributed by atoms with van der Waals surface area (Å²) < 4.78 is 16.2. The van der Waals surface area contributed by atoms with Gasteiger partial charge in [0.15, 0.2) is 6.10 Å². The van der Waals surface area contributed by atoms with E-state index in [-0.39, 0.29) is 12.6 Å². The van der Waals surface area contributed by atoms with Gasteiger partial charge < -0.3 is 14.2 Å². The van der Waals surface area contributed by atoms with Gasteiger partial charge in [0.05, 0.1) is 0 Å². The van der Waals surface area contributed by atoms with Crippen molar-refractivity contribution in [1.82, 2.24) is 0 Å². The number of hydrogen-bond acceptors (Lipinski definition) is 4. The van der Waals surface area contributed by atoms with Crippen LogP contribution in [0, 0.1) is 0 Å². The molecule has 1 aliphatic rings. The maximum Gasteiger partial charge on any atom is 0.335 e. The van der Waals surface area contributed by atoms with Gasteiger partial charge in [0.25, 0.3) is 0 Å². The third kappa shape index (κ3) is 5.16. The molecule has 0 N–H and O–H groups in total. The molecule has 0 aliphatic carbocycles. The first-order chi connectivity index (χ1) is 12.8. The Bertz CT molecular complexity index is 675. The van der Waals surface area contributed by atoms with E-state index in [4.69, 9.17) is 14.2 Å². The molecule has 4 nitrogen and oxygen atoms in total. The van der Waals surface area contributed by atoms with E-state index in [1.54, 1.807) is 7.11 Å². The summed E-state index contributed by atoms with van der Waals surface area (Å²) in [6.45, 7) is 1.94. The zero-order chi connectivity index (χ0) is 18.2. The Hall–Kier alpha value is -2.17. The maximum atomic E-state index is 12.3. The third-order valence-corrected chi connectivity index (χ3v) is 4.86. The van der Waals surface area contributed by atoms with E-state index >= 15 is 0 Å². The molecule has 1 aliphatic heterocycles. The smallest absolute Gasteiger partial charge is 0.335 e. The fourth-order valence-corrected chi connectivity index (χ4v) is 3.26. The topological polar surface area (TPSA) is 44.8 Å². The monoisotopic (exact) mass is 354 g/mol. The standard InChI is InChI=1S/C22H26O4/c1-24-21(22(23)26-16-18-5-3-2-4-6-18)15-17-7-9-19(10-8-17)20-11-13-25-14-12-20/h2-10,20-21H,11-16H2,1H3. The van der Waals surface area contributed by atoms with E-state index in [0.29, 0.717) is 12.3 Å². The third-order valence-electron chi connectivity index (χ3n) is 4.86. The number of ether oxygens (including phenoxy) is 3. The maximum absolute atomic E-state index is 12.3. The fourth-order valence-electron chi connectivity index (χ4n) is 3.26. The molecular formula is C22H26O4. The molecule has 26 heavy (non-hydrogen) atoms. The lowest BCUT2D eigenvalue weighted by Crippen LogP contribution is -2.27. The lowest BCUT2D eigenvalue weighted by atomic mass is 9.91. The Labute approximate surface area is 155 Å². The van der Waals surface area contributed by atoms with Gasteiger partial charge in [-0.2, -0.15) is 0 Å². The van der Waals surface area contributed by atoms with Crippen LogP contribution in [0.25, 0.3) is 0 Å². The Morgan fingerprint density at radius 1 is 1.04 bits per heavy atom. The first-order valence-corrected chi connectivity index (χ1v) is 9.16. The first-order valence-electron chi connectivity index (χ1n) is 9.16. The van der Waals surface area contributed by atoms with Gasteiger partial charge in [0, 0.05) is 26.7 Å². The van der Waals surface area contributed by atoms with Crippen LogP contribution < -0.4 is 0 Å². The fraction of sp³-hybridized carbons (Fsp3) is 0.409. The van der Waals surface area contributed by atoms with Gasteiger partial charge in [-0.05, 0) is 35.4 Å². The summed E-state index contributed by atoms with van der Waals surface area (Å²) in [6, 6.07) is 18.2. The number of methoxy groups -OCH3 is 1. The second-order valence-corrected chi connectivity index (χ2v) is 6.65. The van der Waals surface area contributed by atoms with Gasteiger partial charge in [0.1, 0.15) is 6.61 Å². The van der Waals surface area contributed by atoms with E-state index < -0.39 is 6.10 Å². The van der Waals surface area contributed by atoms with Crippen LogP contribution in [0.1, 0.15) is 35.4 Å². The summed E-state index contributed by atoms with van der Waals surface area (Å²) in [5.74, 6) is 0.247. The van der Waals surface area contributed by atoms with Crippen LogP contribution in [0.3, 0.4) is 0 Å². The predicted molar refractivity (Wildman–Crippen MR) is 100.0 cm³/mol. The molecule has 0 aromatic heterocycles. The highest BCUT2D eigenvalue weighted by Gasteiger charge is 2.21. The van der Waals surface area contributed by atoms with E-state index in [1.807, 2.05) is 30.3 Å². The van der Waals surface area contributed by atoms with Gasteiger partial charge in [-0.15, -0.1) is 0 Å². The Kier molecular flexibility index (Phi) is 6.81. The number of carbonyl (C=O) groups excluding carboxylic acids is 1. The highest BCUT2D eigenvalue weighted by Crippen LogP contribution is 2.27. The van der Waals surface area contributed by atoms with Gasteiger partial charge in [0.2, 0.25) is 0 Å². The molecule has 1 saturated heterocycles. The molecule has 2 aromatic rings. The van der Waals surface area contributed by atoms with Crippen molar-refractivity contribution in [2.75, 3.05) is 20.3 Å². The molecule has 1 unspecified atom stereocenters. The minimum absolute atomic E-state index is 0.266. The molecular weight excluding hydrogens is 328 g/mol. The van der Waals surface area contributed by atoms with Crippen molar-refractivity contribution >= 4 is 5.97 Å². The Morgan fingerprint density at radius 2 is 1.73 bits per heavy atom. The highest BCUT2D eigenvalue weighted by atomic mass is 16.6. The van der Waals surface area contributed by atoms with Gasteiger partial charge in [-0.1, -0.05) is 54.6 Å². The number of hydrogen-bond donors (Lipinski definition) is 0. The predicted octanol–water partition coefficient (Wildman–Crippen LogP) is 3.88. The van der Waals surface area contributed by atoms with Crippen molar-refractivity contribution in [3.63, 3.8) is 0 Å². The van der Waals surface area contributed by atoms with Crippen LogP contribution in [-0.4, -0.2) is 32.4 Å². The molecule has 0 radical (unpaired) electrons. The SMILES string of the molecule is COC(Cc1ccc(C2CCOCC2)cc1)C(=O)OCc1ccccc1. The number of esters is 1. The van der Waals surface area contributed by atoms with Crippen LogP contribution in [0.5, 0.6) is 0 Å². The quantitative estimate of drug-likeness (QED) is 0.708. The summed E-state index contributed by atoms with van der Waals surface area (Å²) >= 11 is 0. The van der Waals surface area contributed by atoms with Crippen molar-refractivity contribution in [2.24, 2.45) is 0 Å². The number of rotatable bonds is 7. The minimum Gasteiger partial charge on any atom is -0.459 e. The van der Waals surface area contributed by atoms with E-state index in [1.165, 1.54) is 5.56 Å². The van der Waals surface area contributed by atoms with E-state index in [2.05, 4.69) is 24.3 Å². The number of carbonyl (C=O) groups is 1. The van der Waals surface area contributed by atoms with Crippen molar-refractivity contribution in [1.29, 1.82) is 0 Å². The average molecular weight is 354 g/mol. The normalized spacial score (nSPS) is 16.2. The largest absolute Gasteiger partial charge is 0.459 e. The minimum atomic E-state index is -0.590. The van der Waals surface area contributed by atoms with Crippen molar-refractivity contribution in [3.05, 3.63) is 71.3 Å². The summed E-state index contributed by atoms with van der Waals surface area (Å²) in [5.41, 5.74) is 3.39. The van der Waals surface area contributed by atoms with Crippen molar-refractivity contribution in [2.45, 2.75) is 37.9 Å². The van der Waals surface area contributed by atoms with Gasteiger partial charge in [-0.25, -0.2) is 4.79 Å². The summed E-state index contributed by atoms with van der Waals surface area (Å²) in [5, 5.41) is 0. The summed E-state index contributed by atoms with van der Waals surface area (Å²) in [6.07, 6.45) is 2.07. The molecule has 0 bridgehead atoms. The molecule has 2 aromatic carbocycles. The molecule has 0 amide bonds. The lowest BCUT2D eigenvalue weighted by molar-refractivity contribution is -0.156. The molecule has 1 atom stereocenters. The zero-order valence-corrected chi connectivity index (χ0v) is 15.2. The zero-order valence-electron chi connectivity index (χ0n) is 15.2. The Morgan fingerprint density at radius 3 is 2.38 bits per heavy atom. The van der Waals surface area contributed by atoms with E-state index in [9.17, 15) is 4.79 Å². The summed E-state index contributed by atoms with van der Waals surface area (Å²) in [7, 11) is 1.55. The van der Waals surface area contributed by atoms with Crippen LogP contribution in [-0.2, 0) is 32.0 Å². The average Bonchev–Trinajstić information content (AvgIpc) is 2.72. The molecule has 3 rings (SSSR count). The molecule has 0 saturated carbocycles. The van der Waals surface area contributed by atoms with E-state index in [0.717, 1.165) is 37.2 Å². The molecule has 4 heteroatoms. The van der Waals surface area contributed by atoms with Gasteiger partial charge >= 0.3 is 5.97 Å². The van der Waals surface area contributed by atoms with Crippen LogP contribution in [0.2, 0.25) is 0 Å². The first kappa shape index (κ1) is 18.6. The van der Waals surface area contributed by atoms with Crippen molar-refractivity contribution < 1.29 is 19.0 Å². The van der Waals surface area contributed by atoms with Crippen molar-refractivity contribution in [3.8, 4) is 0 Å². The lowest BCUT2D eigenvalue weighted by Gasteiger charge is -2.22. The van der Waals surface area contributed by atoms with Crippen LogP contribution in [0.15, 0.2) is 54.6 Å².